The number of hydrogen-bond acceptors (Lipinski definition) is 6. The van der Waals surface area contributed by atoms with Crippen molar-refractivity contribution in [3.63, 3.8) is 0 Å². The number of rotatable bonds is 6. The van der Waals surface area contributed by atoms with E-state index >= 15 is 0 Å². The van der Waals surface area contributed by atoms with Gasteiger partial charge in [-0.1, -0.05) is 0 Å². The molecule has 0 aliphatic heterocycles. The molecule has 1 heterocycles. The van der Waals surface area contributed by atoms with Crippen LogP contribution < -0.4 is 19.3 Å². The number of ether oxygens (including phenoxy) is 2. The minimum atomic E-state index is -4.21. The van der Waals surface area contributed by atoms with Crippen LogP contribution >= 0.6 is 0 Å². The zero-order valence-corrected chi connectivity index (χ0v) is 15.9. The van der Waals surface area contributed by atoms with Crippen LogP contribution in [-0.2, 0) is 10.0 Å². The number of nitrogens with one attached hydrogen (secondary N) is 2. The fraction of sp³-hybridized carbons (Fsp3) is 0.167. The zero-order valence-electron chi connectivity index (χ0n) is 15.1. The number of methoxy groups -OCH3 is 2. The summed E-state index contributed by atoms with van der Waals surface area (Å²) in [6, 6.07) is 6.16. The largest absolute Gasteiger partial charge is 0.543 e. The Labute approximate surface area is 159 Å². The number of aromatic nitrogens is 1. The van der Waals surface area contributed by atoms with Gasteiger partial charge in [-0.25, -0.2) is 12.8 Å². The first-order valence-electron chi connectivity index (χ1n) is 7.96. The summed E-state index contributed by atoms with van der Waals surface area (Å²) in [6.45, 7) is 1.42. The number of aromatic carboxylic acids is 1. The first kappa shape index (κ1) is 19.5. The third-order valence-electron chi connectivity index (χ3n) is 4.18. The first-order valence-corrected chi connectivity index (χ1v) is 9.44. The molecule has 3 aromatic rings. The third kappa shape index (κ3) is 3.33. The van der Waals surface area contributed by atoms with Gasteiger partial charge >= 0.3 is 0 Å². The van der Waals surface area contributed by atoms with E-state index in [2.05, 4.69) is 9.71 Å². The number of benzene rings is 2. The van der Waals surface area contributed by atoms with Gasteiger partial charge in [0.2, 0.25) is 0 Å². The van der Waals surface area contributed by atoms with Crippen LogP contribution in [0.25, 0.3) is 10.9 Å². The number of hydrogen-bond donors (Lipinski definition) is 2. The summed E-state index contributed by atoms with van der Waals surface area (Å²) < 4.78 is 51.6. The molecule has 0 fully saturated rings. The van der Waals surface area contributed by atoms with E-state index in [1.54, 1.807) is 0 Å². The molecule has 2 aromatic carbocycles. The number of carboxylic acid groups (broad SMARTS) is 1. The Hall–Kier alpha value is -3.27. The van der Waals surface area contributed by atoms with Crippen molar-refractivity contribution in [3.05, 3.63) is 47.4 Å². The lowest BCUT2D eigenvalue weighted by molar-refractivity contribution is -0.255. The Morgan fingerprint density at radius 3 is 2.36 bits per heavy atom. The van der Waals surface area contributed by atoms with Gasteiger partial charge in [-0.3, -0.25) is 4.72 Å². The molecular formula is C18H16FN2O6S-. The van der Waals surface area contributed by atoms with Gasteiger partial charge in [0.05, 0.1) is 42.0 Å². The number of halogens is 1. The van der Waals surface area contributed by atoms with Crippen LogP contribution in [0.15, 0.2) is 35.2 Å². The Bertz CT molecular complexity index is 1190. The monoisotopic (exact) mass is 407 g/mol. The van der Waals surface area contributed by atoms with E-state index in [1.165, 1.54) is 33.3 Å². The molecule has 10 heteroatoms. The molecule has 0 unspecified atom stereocenters. The van der Waals surface area contributed by atoms with E-state index in [1.807, 2.05) is 0 Å². The van der Waals surface area contributed by atoms with Gasteiger partial charge in [0, 0.05) is 11.5 Å². The summed E-state index contributed by atoms with van der Waals surface area (Å²) >= 11 is 0. The van der Waals surface area contributed by atoms with Crippen molar-refractivity contribution in [1.29, 1.82) is 0 Å². The quantitative estimate of drug-likeness (QED) is 0.643. The number of aryl methyl sites for hydroxylation is 1. The van der Waals surface area contributed by atoms with Gasteiger partial charge in [0.15, 0.2) is 11.5 Å². The number of anilines is 1. The summed E-state index contributed by atoms with van der Waals surface area (Å²) in [6.07, 6.45) is 0. The second-order valence-corrected chi connectivity index (χ2v) is 7.61. The number of carbonyl (C=O) groups excluding carboxylic acids is 1. The van der Waals surface area contributed by atoms with Crippen LogP contribution in [-0.4, -0.2) is 33.6 Å². The summed E-state index contributed by atoms with van der Waals surface area (Å²) in [5.41, 5.74) is -0.260. The van der Waals surface area contributed by atoms with E-state index < -0.39 is 27.5 Å². The highest BCUT2D eigenvalue weighted by Gasteiger charge is 2.22. The van der Waals surface area contributed by atoms with Crippen LogP contribution in [0.3, 0.4) is 0 Å². The SMILES string of the molecule is COc1cc2[nH]c(C(=O)[O-])c(NS(=O)(=O)c3ccc(F)c(C)c3)c2cc1OC. The molecular weight excluding hydrogens is 391 g/mol. The van der Waals surface area contributed by atoms with Crippen LogP contribution in [0, 0.1) is 12.7 Å². The maximum atomic E-state index is 13.5. The molecule has 0 aliphatic carbocycles. The molecule has 1 aromatic heterocycles. The van der Waals surface area contributed by atoms with Gasteiger partial charge in [-0.05, 0) is 36.8 Å². The standard InChI is InChI=1S/C18H17FN2O6S/c1-9-6-10(4-5-12(9)19)28(24,25)21-16-11-7-14(26-2)15(27-3)8-13(11)20-17(16)18(22)23/h4-8,20-21H,1-3H3,(H,22,23)/p-1. The fourth-order valence-electron chi connectivity index (χ4n) is 2.76. The normalized spacial score (nSPS) is 11.4. The summed E-state index contributed by atoms with van der Waals surface area (Å²) in [5.74, 6) is -1.57. The Kier molecular flexibility index (Phi) is 4.90. The molecule has 28 heavy (non-hydrogen) atoms. The highest BCUT2D eigenvalue weighted by atomic mass is 32.2. The minimum Gasteiger partial charge on any atom is -0.543 e. The number of aromatic amines is 1. The van der Waals surface area contributed by atoms with Crippen LogP contribution in [0.1, 0.15) is 16.1 Å². The predicted octanol–water partition coefficient (Wildman–Crippen LogP) is 1.80. The maximum absolute atomic E-state index is 13.5. The molecule has 0 bridgehead atoms. The zero-order chi connectivity index (χ0) is 20.6. The lowest BCUT2D eigenvalue weighted by Gasteiger charge is -2.12. The molecule has 0 saturated heterocycles. The van der Waals surface area contributed by atoms with E-state index in [0.29, 0.717) is 11.3 Å². The predicted molar refractivity (Wildman–Crippen MR) is 97.7 cm³/mol. The topological polar surface area (TPSA) is 121 Å². The summed E-state index contributed by atoms with van der Waals surface area (Å²) in [7, 11) is -1.41. The highest BCUT2D eigenvalue weighted by molar-refractivity contribution is 7.92. The molecule has 0 radical (unpaired) electrons. The van der Waals surface area contributed by atoms with Gasteiger partial charge < -0.3 is 24.4 Å². The Morgan fingerprint density at radius 2 is 1.79 bits per heavy atom. The average Bonchev–Trinajstić information content (AvgIpc) is 2.99. The molecule has 8 nitrogen and oxygen atoms in total. The number of sulfonamides is 1. The third-order valence-corrected chi connectivity index (χ3v) is 5.53. The molecule has 0 amide bonds. The fourth-order valence-corrected chi connectivity index (χ4v) is 3.94. The second kappa shape index (κ2) is 7.04. The molecule has 0 saturated carbocycles. The molecule has 0 spiro atoms. The van der Waals surface area contributed by atoms with Gasteiger partial charge in [0.25, 0.3) is 10.0 Å². The van der Waals surface area contributed by atoms with E-state index in [4.69, 9.17) is 9.47 Å². The smallest absolute Gasteiger partial charge is 0.261 e. The van der Waals surface area contributed by atoms with E-state index in [0.717, 1.165) is 18.2 Å². The molecule has 0 atom stereocenters. The van der Waals surface area contributed by atoms with Gasteiger partial charge in [-0.2, -0.15) is 0 Å². The average molecular weight is 407 g/mol. The van der Waals surface area contributed by atoms with Crippen molar-refractivity contribution in [2.45, 2.75) is 11.8 Å². The second-order valence-electron chi connectivity index (χ2n) is 5.93. The van der Waals surface area contributed by atoms with Crippen molar-refractivity contribution in [2.24, 2.45) is 0 Å². The molecule has 148 valence electrons. The van der Waals surface area contributed by atoms with Crippen LogP contribution in [0.5, 0.6) is 11.5 Å². The van der Waals surface area contributed by atoms with Crippen molar-refractivity contribution in [3.8, 4) is 11.5 Å². The van der Waals surface area contributed by atoms with Crippen molar-refractivity contribution >= 4 is 32.6 Å². The van der Waals surface area contributed by atoms with Gasteiger partial charge in [0.1, 0.15) is 5.82 Å². The minimum absolute atomic E-state index is 0.133. The van der Waals surface area contributed by atoms with Crippen LogP contribution in [0.2, 0.25) is 0 Å². The lowest BCUT2D eigenvalue weighted by Crippen LogP contribution is -2.25. The number of carboxylic acids is 1. The molecule has 3 rings (SSSR count). The number of carbonyl (C=O) groups is 1. The first-order chi connectivity index (χ1) is 13.2. The Balaban J connectivity index is 2.19. The lowest BCUT2D eigenvalue weighted by atomic mass is 10.2. The number of H-pyrrole nitrogens is 1. The van der Waals surface area contributed by atoms with E-state index in [9.17, 15) is 22.7 Å². The van der Waals surface area contributed by atoms with Crippen molar-refractivity contribution in [1.82, 2.24) is 4.98 Å². The summed E-state index contributed by atoms with van der Waals surface area (Å²) in [4.78, 5) is 13.9. The highest BCUT2D eigenvalue weighted by Crippen LogP contribution is 2.37. The Morgan fingerprint density at radius 1 is 1.14 bits per heavy atom. The number of fused-ring (bicyclic) bond motifs is 1. The molecule has 2 N–H and O–H groups in total. The van der Waals surface area contributed by atoms with E-state index in [-0.39, 0.29) is 27.3 Å². The van der Waals surface area contributed by atoms with Crippen molar-refractivity contribution < 1.29 is 32.2 Å². The van der Waals surface area contributed by atoms with Gasteiger partial charge in [-0.15, -0.1) is 0 Å². The van der Waals surface area contributed by atoms with Crippen LogP contribution in [0.4, 0.5) is 10.1 Å². The summed E-state index contributed by atoms with van der Waals surface area (Å²) in [5, 5.41) is 11.8. The molecule has 0 aliphatic rings. The maximum Gasteiger partial charge on any atom is 0.261 e. The van der Waals surface area contributed by atoms with Crippen molar-refractivity contribution in [2.75, 3.05) is 18.9 Å².